The molecular formula is C49H51NO11. The molecular weight excluding hydrogens is 779 g/mol. The molecule has 1 saturated heterocycles. The number of esters is 2. The van der Waals surface area contributed by atoms with Crippen LogP contribution in [0.3, 0.4) is 0 Å². The van der Waals surface area contributed by atoms with Crippen molar-refractivity contribution in [3.05, 3.63) is 155 Å². The molecule has 2 aliphatic rings. The third kappa shape index (κ3) is 9.89. The lowest BCUT2D eigenvalue weighted by Crippen LogP contribution is -2.55. The Labute approximate surface area is 356 Å². The highest BCUT2D eigenvalue weighted by atomic mass is 16.7. The Bertz CT molecular complexity index is 2150. The summed E-state index contributed by atoms with van der Waals surface area (Å²) in [5.74, 6) is 0.166. The maximum atomic E-state index is 12.8. The number of ether oxygens (including phenoxy) is 8. The van der Waals surface area contributed by atoms with Gasteiger partial charge in [0.15, 0.2) is 12.4 Å². The number of carbonyl (C=O) groups is 3. The number of rotatable bonds is 17. The second-order valence-corrected chi connectivity index (χ2v) is 14.9. The van der Waals surface area contributed by atoms with E-state index in [0.717, 1.165) is 38.9 Å². The van der Waals surface area contributed by atoms with E-state index in [-0.39, 0.29) is 38.7 Å². The van der Waals surface area contributed by atoms with Crippen LogP contribution in [-0.4, -0.2) is 83.2 Å². The largest absolute Gasteiger partial charge is 0.497 e. The van der Waals surface area contributed by atoms with Crippen molar-refractivity contribution in [3.63, 3.8) is 0 Å². The molecule has 61 heavy (non-hydrogen) atoms. The normalized spacial score (nSPS) is 18.3. The van der Waals surface area contributed by atoms with Gasteiger partial charge in [-0.05, 0) is 69.6 Å². The van der Waals surface area contributed by atoms with Crippen LogP contribution in [0.1, 0.15) is 60.4 Å². The van der Waals surface area contributed by atoms with Crippen molar-refractivity contribution in [2.75, 3.05) is 40.6 Å². The summed E-state index contributed by atoms with van der Waals surface area (Å²) in [5.41, 5.74) is 5.77. The lowest BCUT2D eigenvalue weighted by Gasteiger charge is -2.42. The molecule has 0 bridgehead atoms. The van der Waals surface area contributed by atoms with E-state index in [4.69, 9.17) is 37.9 Å². The average Bonchev–Trinajstić information content (AvgIpc) is 3.60. The molecule has 0 saturated carbocycles. The Morgan fingerprint density at radius 1 is 0.672 bits per heavy atom. The molecule has 1 heterocycles. The number of fused-ring (bicyclic) bond motifs is 3. The number of alkyl carbamates (subject to hydrolysis) is 1. The van der Waals surface area contributed by atoms with Gasteiger partial charge >= 0.3 is 18.0 Å². The van der Waals surface area contributed by atoms with Gasteiger partial charge in [-0.25, -0.2) is 4.79 Å². The molecule has 7 rings (SSSR count). The van der Waals surface area contributed by atoms with Gasteiger partial charge < -0.3 is 43.2 Å². The summed E-state index contributed by atoms with van der Waals surface area (Å²) in [6.45, 7) is 3.15. The Morgan fingerprint density at radius 3 is 1.77 bits per heavy atom. The van der Waals surface area contributed by atoms with E-state index in [9.17, 15) is 14.4 Å². The smallest absolute Gasteiger partial charge is 0.407 e. The molecule has 4 atom stereocenters. The van der Waals surface area contributed by atoms with Gasteiger partial charge in [-0.3, -0.25) is 9.59 Å². The molecule has 0 spiro atoms. The molecule has 1 fully saturated rings. The molecule has 0 aromatic heterocycles. The van der Waals surface area contributed by atoms with E-state index < -0.39 is 48.2 Å². The van der Waals surface area contributed by atoms with Gasteiger partial charge in [0.1, 0.15) is 35.9 Å². The van der Waals surface area contributed by atoms with E-state index in [1.807, 2.05) is 103 Å². The van der Waals surface area contributed by atoms with Gasteiger partial charge in [0.2, 0.25) is 0 Å². The van der Waals surface area contributed by atoms with Crippen LogP contribution in [0.15, 0.2) is 127 Å². The lowest BCUT2D eigenvalue weighted by atomic mass is 9.80. The molecule has 1 N–H and O–H groups in total. The van der Waals surface area contributed by atoms with Gasteiger partial charge in [0.25, 0.3) is 0 Å². The monoisotopic (exact) mass is 829 g/mol. The van der Waals surface area contributed by atoms with Crippen molar-refractivity contribution in [1.82, 2.24) is 5.32 Å². The number of hydrogen-bond acceptors (Lipinski definition) is 11. The van der Waals surface area contributed by atoms with E-state index >= 15 is 0 Å². The van der Waals surface area contributed by atoms with Crippen molar-refractivity contribution in [2.24, 2.45) is 0 Å². The van der Waals surface area contributed by atoms with E-state index in [1.165, 1.54) is 13.8 Å². The number of methoxy groups -OCH3 is 2. The maximum Gasteiger partial charge on any atom is 0.407 e. The molecule has 4 unspecified atom stereocenters. The van der Waals surface area contributed by atoms with Crippen molar-refractivity contribution >= 4 is 18.0 Å². The number of carbonyl (C=O) groups excluding carboxylic acids is 3. The number of benzene rings is 5. The topological polar surface area (TPSA) is 137 Å². The van der Waals surface area contributed by atoms with Gasteiger partial charge in [0, 0.05) is 32.7 Å². The van der Waals surface area contributed by atoms with Gasteiger partial charge in [-0.2, -0.15) is 0 Å². The average molecular weight is 830 g/mol. The first-order valence-electron chi connectivity index (χ1n) is 20.4. The van der Waals surface area contributed by atoms with Gasteiger partial charge in [-0.15, -0.1) is 0 Å². The zero-order chi connectivity index (χ0) is 42.8. The second kappa shape index (κ2) is 19.9. The fourth-order valence-corrected chi connectivity index (χ4v) is 8.21. The molecule has 0 radical (unpaired) electrons. The molecule has 1 aliphatic carbocycles. The summed E-state index contributed by atoms with van der Waals surface area (Å²) in [4.78, 5) is 37.7. The summed E-state index contributed by atoms with van der Waals surface area (Å²) >= 11 is 0. The highest BCUT2D eigenvalue weighted by Gasteiger charge is 2.46. The van der Waals surface area contributed by atoms with Crippen LogP contribution in [0.4, 0.5) is 4.79 Å². The third-order valence-corrected chi connectivity index (χ3v) is 11.0. The lowest BCUT2D eigenvalue weighted by molar-refractivity contribution is -0.270. The van der Waals surface area contributed by atoms with Crippen LogP contribution in [-0.2, 0) is 43.6 Å². The summed E-state index contributed by atoms with van der Waals surface area (Å²) in [7, 11) is 3.21. The second-order valence-electron chi connectivity index (χ2n) is 14.9. The number of amides is 1. The Morgan fingerprint density at radius 2 is 1.21 bits per heavy atom. The van der Waals surface area contributed by atoms with Crippen molar-refractivity contribution in [3.8, 4) is 22.6 Å². The van der Waals surface area contributed by atoms with Crippen molar-refractivity contribution in [2.45, 2.75) is 62.8 Å². The summed E-state index contributed by atoms with van der Waals surface area (Å²) in [6.07, 6.45) is -3.73. The SMILES string of the molecule is COc1ccc(C(OCC2OC(OCCCNC(=O)OCC3c4ccccc4-c4ccccc43)CC(OC(C)=O)C2OC(C)=O)(c2ccccc2)c2ccc(OC)cc2)cc1. The first-order valence-corrected chi connectivity index (χ1v) is 20.4. The van der Waals surface area contributed by atoms with E-state index in [1.54, 1.807) is 14.2 Å². The van der Waals surface area contributed by atoms with Crippen LogP contribution in [0.5, 0.6) is 11.5 Å². The molecule has 12 nitrogen and oxygen atoms in total. The zero-order valence-corrected chi connectivity index (χ0v) is 34.7. The summed E-state index contributed by atoms with van der Waals surface area (Å²) < 4.78 is 48.0. The molecule has 1 aliphatic heterocycles. The fraction of sp³-hybridized carbons (Fsp3) is 0.327. The third-order valence-electron chi connectivity index (χ3n) is 11.0. The van der Waals surface area contributed by atoms with E-state index in [0.29, 0.717) is 17.9 Å². The summed E-state index contributed by atoms with van der Waals surface area (Å²) in [6, 6.07) is 41.3. The summed E-state index contributed by atoms with van der Waals surface area (Å²) in [5, 5.41) is 2.82. The maximum absolute atomic E-state index is 12.8. The minimum absolute atomic E-state index is 0.0481. The van der Waals surface area contributed by atoms with Crippen molar-refractivity contribution in [1.29, 1.82) is 0 Å². The molecule has 1 amide bonds. The highest BCUT2D eigenvalue weighted by Crippen LogP contribution is 2.45. The Hall–Kier alpha value is -6.21. The quantitative estimate of drug-likeness (QED) is 0.0424. The van der Waals surface area contributed by atoms with Gasteiger partial charge in [-0.1, -0.05) is 103 Å². The van der Waals surface area contributed by atoms with Gasteiger partial charge in [0.05, 0.1) is 27.4 Å². The minimum Gasteiger partial charge on any atom is -0.497 e. The standard InChI is InChI=1S/C49H51NO11/c1-32(51)59-44-29-46(56-28-12-27-50-48(53)57-30-43-41-17-10-8-15-39(41)40-16-9-11-18-42(40)43)61-45(47(44)60-33(2)52)31-58-49(34-13-6-5-7-14-34,35-19-23-37(54-3)24-20-35)36-21-25-38(55-4)26-22-36/h5-11,13-26,43-47H,12,27-31H2,1-4H3,(H,50,53). The molecule has 12 heteroatoms. The molecule has 318 valence electrons. The van der Waals surface area contributed by atoms with Crippen LogP contribution in [0, 0.1) is 0 Å². The number of nitrogens with one attached hydrogen (secondary N) is 1. The fourth-order valence-electron chi connectivity index (χ4n) is 8.21. The van der Waals surface area contributed by atoms with Crippen LogP contribution >= 0.6 is 0 Å². The minimum atomic E-state index is -1.21. The van der Waals surface area contributed by atoms with Crippen LogP contribution < -0.4 is 14.8 Å². The first kappa shape index (κ1) is 42.9. The first-order chi connectivity index (χ1) is 29.7. The van der Waals surface area contributed by atoms with Crippen LogP contribution in [0.2, 0.25) is 0 Å². The Kier molecular flexibility index (Phi) is 14.0. The molecule has 5 aromatic carbocycles. The van der Waals surface area contributed by atoms with E-state index in [2.05, 4.69) is 29.6 Å². The predicted molar refractivity (Wildman–Crippen MR) is 226 cm³/mol. The molecule has 5 aromatic rings. The highest BCUT2D eigenvalue weighted by molar-refractivity contribution is 5.79. The predicted octanol–water partition coefficient (Wildman–Crippen LogP) is 7.94. The number of hydrogen-bond donors (Lipinski definition) is 1. The van der Waals surface area contributed by atoms with Crippen molar-refractivity contribution < 1.29 is 52.3 Å². The zero-order valence-electron chi connectivity index (χ0n) is 34.7. The Balaban J connectivity index is 1.05. The van der Waals surface area contributed by atoms with Crippen LogP contribution in [0.25, 0.3) is 11.1 Å².